The first-order valence-electron chi connectivity index (χ1n) is 7.15. The zero-order valence-electron chi connectivity index (χ0n) is 12.9. The second kappa shape index (κ2) is 6.31. The molecule has 0 radical (unpaired) electrons. The number of nitrogens with two attached hydrogens (primary N) is 1. The minimum atomic E-state index is 0.316. The molecule has 0 bridgehead atoms. The van der Waals surface area contributed by atoms with Crippen LogP contribution in [0.15, 0.2) is 49.1 Å². The molecule has 0 atom stereocenters. The summed E-state index contributed by atoms with van der Waals surface area (Å²) in [5, 5.41) is 3.10. The predicted octanol–water partition coefficient (Wildman–Crippen LogP) is 3.61. The first kappa shape index (κ1) is 14.8. The lowest BCUT2D eigenvalue weighted by Gasteiger charge is -2.12. The molecule has 0 aliphatic rings. The summed E-state index contributed by atoms with van der Waals surface area (Å²) in [5.41, 5.74) is 9.48. The van der Waals surface area contributed by atoms with Crippen LogP contribution in [-0.2, 0) is 0 Å². The van der Waals surface area contributed by atoms with Gasteiger partial charge >= 0.3 is 0 Å². The van der Waals surface area contributed by atoms with Gasteiger partial charge in [0.05, 0.1) is 11.9 Å². The maximum Gasteiger partial charge on any atom is 0.248 e. The Balaban J connectivity index is 1.87. The van der Waals surface area contributed by atoms with Crippen LogP contribution in [0.1, 0.15) is 11.1 Å². The quantitative estimate of drug-likeness (QED) is 0.766. The summed E-state index contributed by atoms with van der Waals surface area (Å²) >= 11 is 0. The van der Waals surface area contributed by atoms with Crippen LogP contribution in [-0.4, -0.2) is 15.0 Å². The van der Waals surface area contributed by atoms with Gasteiger partial charge in [-0.1, -0.05) is 6.07 Å². The number of nitrogens with one attached hydrogen (secondary N) is 1. The highest BCUT2D eigenvalue weighted by Gasteiger charge is 2.11. The van der Waals surface area contributed by atoms with Crippen molar-refractivity contribution in [2.24, 2.45) is 0 Å². The minimum Gasteiger partial charge on any atom is -0.437 e. The number of rotatable bonds is 4. The Morgan fingerprint density at radius 2 is 1.87 bits per heavy atom. The summed E-state index contributed by atoms with van der Waals surface area (Å²) in [5.74, 6) is 1.49. The van der Waals surface area contributed by atoms with Crippen LogP contribution >= 0.6 is 0 Å². The minimum absolute atomic E-state index is 0.316. The van der Waals surface area contributed by atoms with Crippen LogP contribution in [0.5, 0.6) is 11.6 Å². The molecule has 0 aliphatic carbocycles. The third-order valence-corrected chi connectivity index (χ3v) is 3.18. The van der Waals surface area contributed by atoms with E-state index in [-0.39, 0.29) is 0 Å². The van der Waals surface area contributed by atoms with Gasteiger partial charge in [0, 0.05) is 6.20 Å². The number of aryl methyl sites for hydroxylation is 2. The average molecular weight is 307 g/mol. The largest absolute Gasteiger partial charge is 0.437 e. The van der Waals surface area contributed by atoms with E-state index in [9.17, 15) is 0 Å². The van der Waals surface area contributed by atoms with E-state index in [1.165, 1.54) is 6.33 Å². The Kier molecular flexibility index (Phi) is 4.05. The predicted molar refractivity (Wildman–Crippen MR) is 90.0 cm³/mol. The molecular formula is C17H17N5O. The highest BCUT2D eigenvalue weighted by molar-refractivity contribution is 5.72. The lowest BCUT2D eigenvalue weighted by molar-refractivity contribution is 0.464. The molecule has 1 aromatic carbocycles. The fourth-order valence-corrected chi connectivity index (χ4v) is 2.24. The molecule has 23 heavy (non-hydrogen) atoms. The number of aromatic nitrogens is 3. The Hall–Kier alpha value is -3.15. The molecule has 0 saturated heterocycles. The van der Waals surface area contributed by atoms with Gasteiger partial charge in [-0.3, -0.25) is 4.98 Å². The third kappa shape index (κ3) is 3.55. The normalized spacial score (nSPS) is 10.3. The van der Waals surface area contributed by atoms with Crippen LogP contribution in [0.3, 0.4) is 0 Å². The number of benzene rings is 1. The molecule has 3 N–H and O–H groups in total. The molecule has 6 nitrogen and oxygen atoms in total. The van der Waals surface area contributed by atoms with E-state index in [2.05, 4.69) is 26.3 Å². The molecule has 3 rings (SSSR count). The zero-order chi connectivity index (χ0) is 16.2. The number of hydrogen-bond acceptors (Lipinski definition) is 6. The van der Waals surface area contributed by atoms with Gasteiger partial charge < -0.3 is 15.8 Å². The number of nitrogen functional groups attached to an aromatic ring is 1. The van der Waals surface area contributed by atoms with E-state index in [0.29, 0.717) is 23.1 Å². The van der Waals surface area contributed by atoms with Crippen LogP contribution in [0.2, 0.25) is 0 Å². The van der Waals surface area contributed by atoms with E-state index in [1.807, 2.05) is 38.1 Å². The molecule has 0 amide bonds. The van der Waals surface area contributed by atoms with Gasteiger partial charge in [0.25, 0.3) is 0 Å². The van der Waals surface area contributed by atoms with Crippen molar-refractivity contribution in [2.75, 3.05) is 11.1 Å². The van der Waals surface area contributed by atoms with Gasteiger partial charge in [0.2, 0.25) is 5.88 Å². The van der Waals surface area contributed by atoms with Crippen molar-refractivity contribution >= 4 is 17.2 Å². The van der Waals surface area contributed by atoms with Crippen LogP contribution in [0.25, 0.3) is 0 Å². The fourth-order valence-electron chi connectivity index (χ4n) is 2.24. The number of hydrogen-bond donors (Lipinski definition) is 2. The lowest BCUT2D eigenvalue weighted by Crippen LogP contribution is -2.03. The Morgan fingerprint density at radius 1 is 1.09 bits per heavy atom. The average Bonchev–Trinajstić information content (AvgIpc) is 2.51. The van der Waals surface area contributed by atoms with Crippen molar-refractivity contribution in [1.29, 1.82) is 0 Å². The van der Waals surface area contributed by atoms with Crippen molar-refractivity contribution in [3.05, 3.63) is 60.2 Å². The van der Waals surface area contributed by atoms with Gasteiger partial charge in [-0.15, -0.1) is 0 Å². The Morgan fingerprint density at radius 3 is 2.57 bits per heavy atom. The van der Waals surface area contributed by atoms with Gasteiger partial charge in [-0.2, -0.15) is 4.98 Å². The zero-order valence-corrected chi connectivity index (χ0v) is 12.9. The monoisotopic (exact) mass is 307 g/mol. The second-order valence-electron chi connectivity index (χ2n) is 5.23. The van der Waals surface area contributed by atoms with E-state index in [4.69, 9.17) is 10.5 Å². The number of pyridine rings is 1. The highest BCUT2D eigenvalue weighted by Crippen LogP contribution is 2.31. The Labute approximate surface area is 134 Å². The summed E-state index contributed by atoms with van der Waals surface area (Å²) in [7, 11) is 0. The first-order chi connectivity index (χ1) is 11.1. The molecule has 0 fully saturated rings. The van der Waals surface area contributed by atoms with Gasteiger partial charge in [0.1, 0.15) is 17.8 Å². The molecule has 0 saturated carbocycles. The Bertz CT molecular complexity index is 800. The van der Waals surface area contributed by atoms with E-state index in [0.717, 1.165) is 16.8 Å². The number of anilines is 3. The van der Waals surface area contributed by atoms with E-state index < -0.39 is 0 Å². The van der Waals surface area contributed by atoms with Gasteiger partial charge in [-0.05, 0) is 49.2 Å². The van der Waals surface area contributed by atoms with Gasteiger partial charge in [-0.25, -0.2) is 4.98 Å². The van der Waals surface area contributed by atoms with Crippen molar-refractivity contribution < 1.29 is 4.74 Å². The van der Waals surface area contributed by atoms with E-state index >= 15 is 0 Å². The molecule has 2 heterocycles. The van der Waals surface area contributed by atoms with Crippen LogP contribution in [0.4, 0.5) is 17.2 Å². The maximum atomic E-state index is 6.12. The molecule has 116 valence electrons. The molecule has 3 aromatic rings. The summed E-state index contributed by atoms with van der Waals surface area (Å²) in [6, 6.07) is 9.64. The standard InChI is InChI=1S/C17H17N5O/c1-11-6-12(2)8-14(7-11)23-17-15(18)16(20-10-21-17)22-13-4-3-5-19-9-13/h3-10H,18H2,1-2H3,(H,20,21,22). The SMILES string of the molecule is Cc1cc(C)cc(Oc2ncnc(Nc3cccnc3)c2N)c1. The molecule has 6 heteroatoms. The van der Waals surface area contributed by atoms with Crippen molar-refractivity contribution in [3.8, 4) is 11.6 Å². The molecular weight excluding hydrogens is 290 g/mol. The van der Waals surface area contributed by atoms with E-state index in [1.54, 1.807) is 12.4 Å². The summed E-state index contributed by atoms with van der Waals surface area (Å²) in [4.78, 5) is 12.3. The van der Waals surface area contributed by atoms with Gasteiger partial charge in [0.15, 0.2) is 5.82 Å². The second-order valence-corrected chi connectivity index (χ2v) is 5.23. The number of ether oxygens (including phenoxy) is 1. The summed E-state index contributed by atoms with van der Waals surface area (Å²) in [6.45, 7) is 4.02. The molecule has 0 spiro atoms. The maximum absolute atomic E-state index is 6.12. The molecule has 0 unspecified atom stereocenters. The summed E-state index contributed by atoms with van der Waals surface area (Å²) in [6.07, 6.45) is 4.79. The highest BCUT2D eigenvalue weighted by atomic mass is 16.5. The van der Waals surface area contributed by atoms with Crippen molar-refractivity contribution in [2.45, 2.75) is 13.8 Å². The van der Waals surface area contributed by atoms with Crippen molar-refractivity contribution in [3.63, 3.8) is 0 Å². The topological polar surface area (TPSA) is 86.0 Å². The number of nitrogens with zero attached hydrogens (tertiary/aromatic N) is 3. The smallest absolute Gasteiger partial charge is 0.248 e. The van der Waals surface area contributed by atoms with Crippen LogP contribution in [0, 0.1) is 13.8 Å². The third-order valence-electron chi connectivity index (χ3n) is 3.18. The van der Waals surface area contributed by atoms with Crippen LogP contribution < -0.4 is 15.8 Å². The fraction of sp³-hybridized carbons (Fsp3) is 0.118. The summed E-state index contributed by atoms with van der Waals surface area (Å²) < 4.78 is 5.82. The molecule has 0 aliphatic heterocycles. The van der Waals surface area contributed by atoms with Crippen molar-refractivity contribution in [1.82, 2.24) is 15.0 Å². The first-order valence-corrected chi connectivity index (χ1v) is 7.15. The molecule has 2 aromatic heterocycles. The lowest BCUT2D eigenvalue weighted by atomic mass is 10.1.